The number of morpholine rings is 1. The van der Waals surface area contributed by atoms with E-state index in [-0.39, 0.29) is 18.6 Å². The van der Waals surface area contributed by atoms with E-state index in [1.165, 1.54) is 0 Å². The molecule has 2 aromatic heterocycles. The summed E-state index contributed by atoms with van der Waals surface area (Å²) in [7, 11) is 1.97. The fraction of sp³-hybridized carbons (Fsp3) is 0.542. The molecule has 0 aliphatic carbocycles. The van der Waals surface area contributed by atoms with Gasteiger partial charge in [0.25, 0.3) is 0 Å². The average molecular weight is 455 g/mol. The molecular formula is C24H31FN6O2. The van der Waals surface area contributed by atoms with Gasteiger partial charge in [-0.15, -0.1) is 0 Å². The fourth-order valence-corrected chi connectivity index (χ4v) is 5.04. The molecule has 2 aliphatic heterocycles. The van der Waals surface area contributed by atoms with E-state index >= 15 is 0 Å². The summed E-state index contributed by atoms with van der Waals surface area (Å²) in [6.45, 7) is 7.07. The number of hydrogen-bond donors (Lipinski definition) is 1. The number of alkyl halides is 1. The molecule has 2 aliphatic rings. The Labute approximate surface area is 193 Å². The van der Waals surface area contributed by atoms with Crippen LogP contribution in [0.5, 0.6) is 0 Å². The van der Waals surface area contributed by atoms with Gasteiger partial charge >= 0.3 is 0 Å². The van der Waals surface area contributed by atoms with Gasteiger partial charge < -0.3 is 19.6 Å². The summed E-state index contributed by atoms with van der Waals surface area (Å²) < 4.78 is 22.4. The summed E-state index contributed by atoms with van der Waals surface area (Å²) in [6, 6.07) is 6.11. The molecule has 9 heteroatoms. The Hall–Kier alpha value is -2.62. The number of aliphatic hydroxyl groups is 1. The molecule has 3 atom stereocenters. The van der Waals surface area contributed by atoms with Crippen molar-refractivity contribution in [3.05, 3.63) is 41.3 Å². The summed E-state index contributed by atoms with van der Waals surface area (Å²) in [5.74, 6) is 1.99. The van der Waals surface area contributed by atoms with Crippen LogP contribution in [0.15, 0.2) is 24.4 Å². The van der Waals surface area contributed by atoms with Crippen molar-refractivity contribution in [3.8, 4) is 5.82 Å². The normalized spacial score (nSPS) is 24.5. The van der Waals surface area contributed by atoms with Crippen molar-refractivity contribution in [2.45, 2.75) is 38.5 Å². The Morgan fingerprint density at radius 1 is 1.12 bits per heavy atom. The van der Waals surface area contributed by atoms with E-state index in [2.05, 4.69) is 43.9 Å². The Morgan fingerprint density at radius 3 is 2.73 bits per heavy atom. The van der Waals surface area contributed by atoms with Gasteiger partial charge in [-0.2, -0.15) is 5.10 Å². The van der Waals surface area contributed by atoms with Crippen molar-refractivity contribution in [2.24, 2.45) is 0 Å². The van der Waals surface area contributed by atoms with Gasteiger partial charge in [0.1, 0.15) is 17.8 Å². The van der Waals surface area contributed by atoms with Crippen LogP contribution in [-0.4, -0.2) is 88.5 Å². The van der Waals surface area contributed by atoms with Gasteiger partial charge in [-0.1, -0.05) is 0 Å². The Bertz CT molecular complexity index is 1150. The summed E-state index contributed by atoms with van der Waals surface area (Å²) in [5, 5.41) is 15.1. The smallest absolute Gasteiger partial charge is 0.159 e. The number of ether oxygens (including phenoxy) is 1. The number of fused-ring (bicyclic) bond motifs is 1. The lowest BCUT2D eigenvalue weighted by molar-refractivity contribution is 0.00335. The number of hydrogen-bond acceptors (Lipinski definition) is 7. The maximum atomic E-state index is 15.0. The number of anilines is 1. The minimum Gasteiger partial charge on any atom is -0.394 e. The van der Waals surface area contributed by atoms with E-state index in [0.717, 1.165) is 40.8 Å². The van der Waals surface area contributed by atoms with Crippen LogP contribution in [0.3, 0.4) is 0 Å². The van der Waals surface area contributed by atoms with Crippen molar-refractivity contribution < 1.29 is 14.2 Å². The molecular weight excluding hydrogens is 423 g/mol. The molecule has 4 heterocycles. The molecule has 2 saturated heterocycles. The van der Waals surface area contributed by atoms with Crippen molar-refractivity contribution in [1.82, 2.24) is 24.6 Å². The van der Waals surface area contributed by atoms with Gasteiger partial charge in [0.05, 0.1) is 31.0 Å². The van der Waals surface area contributed by atoms with E-state index in [4.69, 9.17) is 4.74 Å². The third kappa shape index (κ3) is 4.32. The SMILES string of the molecule is Cc1nc(N2CCO[C@@H](CO)C2)cc(-n2ncc3cc(C)c([C@@H]4CCN(C)C[C@@H]4F)cc32)n1. The standard InChI is InChI=1S/C24H31FN6O2/c1-15-8-17-11-26-31(22(17)9-20(15)19-4-5-29(3)13-21(19)25)24-10-23(27-16(2)28-24)30-6-7-33-18(12-30)14-32/h8-11,18-19,21,32H,4-7,12-14H2,1-3H3/t18-,19+,21+/m1/s1. The Kier molecular flexibility index (Phi) is 6.03. The Morgan fingerprint density at radius 2 is 1.94 bits per heavy atom. The lowest BCUT2D eigenvalue weighted by atomic mass is 9.85. The second-order valence-corrected chi connectivity index (χ2v) is 9.25. The highest BCUT2D eigenvalue weighted by Crippen LogP contribution is 2.35. The molecule has 33 heavy (non-hydrogen) atoms. The number of halogens is 1. The number of benzene rings is 1. The number of aryl methyl sites for hydroxylation is 2. The first-order valence-corrected chi connectivity index (χ1v) is 11.6. The number of aromatic nitrogens is 4. The molecule has 3 aromatic rings. The summed E-state index contributed by atoms with van der Waals surface area (Å²) in [5.41, 5.74) is 3.07. The van der Waals surface area contributed by atoms with Crippen molar-refractivity contribution in [3.63, 3.8) is 0 Å². The largest absolute Gasteiger partial charge is 0.394 e. The number of rotatable bonds is 4. The van der Waals surface area contributed by atoms with Crippen LogP contribution in [0.25, 0.3) is 16.7 Å². The van der Waals surface area contributed by atoms with Gasteiger partial charge in [-0.25, -0.2) is 19.0 Å². The molecule has 0 saturated carbocycles. The Balaban J connectivity index is 1.53. The molecule has 0 radical (unpaired) electrons. The number of nitrogens with zero attached hydrogens (tertiary/aromatic N) is 6. The first kappa shape index (κ1) is 22.2. The quantitative estimate of drug-likeness (QED) is 0.648. The van der Waals surface area contributed by atoms with E-state index in [1.54, 1.807) is 0 Å². The average Bonchev–Trinajstić information content (AvgIpc) is 3.21. The zero-order valence-corrected chi connectivity index (χ0v) is 19.4. The summed E-state index contributed by atoms with van der Waals surface area (Å²) in [4.78, 5) is 13.4. The fourth-order valence-electron chi connectivity index (χ4n) is 5.04. The van der Waals surface area contributed by atoms with Crippen LogP contribution < -0.4 is 4.90 Å². The van der Waals surface area contributed by atoms with Crippen LogP contribution >= 0.6 is 0 Å². The lowest BCUT2D eigenvalue weighted by Crippen LogP contribution is -2.44. The molecule has 8 nitrogen and oxygen atoms in total. The van der Waals surface area contributed by atoms with Crippen LogP contribution in [-0.2, 0) is 4.74 Å². The summed E-state index contributed by atoms with van der Waals surface area (Å²) in [6.07, 6.45) is 1.53. The monoisotopic (exact) mass is 454 g/mol. The van der Waals surface area contributed by atoms with Gasteiger partial charge in [0, 0.05) is 37.0 Å². The predicted octanol–water partition coefficient (Wildman–Crippen LogP) is 2.39. The molecule has 0 spiro atoms. The van der Waals surface area contributed by atoms with Gasteiger partial charge in [0.15, 0.2) is 5.82 Å². The number of aliphatic hydroxyl groups excluding tert-OH is 1. The third-order valence-electron chi connectivity index (χ3n) is 6.79. The third-order valence-corrected chi connectivity index (χ3v) is 6.79. The second-order valence-electron chi connectivity index (χ2n) is 9.25. The molecule has 5 rings (SSSR count). The molecule has 176 valence electrons. The lowest BCUT2D eigenvalue weighted by Gasteiger charge is -2.33. The first-order chi connectivity index (χ1) is 15.9. The number of likely N-dealkylation sites (tertiary alicyclic amines) is 1. The number of piperidine rings is 1. The molecule has 0 amide bonds. The molecule has 2 fully saturated rings. The minimum absolute atomic E-state index is 0.0220. The van der Waals surface area contributed by atoms with Gasteiger partial charge in [-0.3, -0.25) is 0 Å². The van der Waals surface area contributed by atoms with Gasteiger partial charge in [-0.05, 0) is 57.1 Å². The maximum Gasteiger partial charge on any atom is 0.159 e. The molecule has 1 aromatic carbocycles. The first-order valence-electron chi connectivity index (χ1n) is 11.6. The van der Waals surface area contributed by atoms with Crippen molar-refractivity contribution >= 4 is 16.7 Å². The van der Waals surface area contributed by atoms with E-state index in [1.807, 2.05) is 30.9 Å². The highest BCUT2D eigenvalue weighted by molar-refractivity contribution is 5.82. The van der Waals surface area contributed by atoms with Gasteiger partial charge in [0.2, 0.25) is 0 Å². The zero-order chi connectivity index (χ0) is 23.1. The maximum absolute atomic E-state index is 15.0. The van der Waals surface area contributed by atoms with E-state index < -0.39 is 6.17 Å². The van der Waals surface area contributed by atoms with Crippen LogP contribution in [0.2, 0.25) is 0 Å². The minimum atomic E-state index is -0.884. The molecule has 1 N–H and O–H groups in total. The van der Waals surface area contributed by atoms with Crippen molar-refractivity contribution in [1.29, 1.82) is 0 Å². The highest BCUT2D eigenvalue weighted by atomic mass is 19.1. The van der Waals surface area contributed by atoms with Crippen molar-refractivity contribution in [2.75, 3.05) is 51.3 Å². The molecule has 0 bridgehead atoms. The topological polar surface area (TPSA) is 79.5 Å². The van der Waals surface area contributed by atoms with E-state index in [0.29, 0.717) is 37.9 Å². The van der Waals surface area contributed by atoms with E-state index in [9.17, 15) is 9.50 Å². The van der Waals surface area contributed by atoms with Crippen LogP contribution in [0, 0.1) is 13.8 Å². The van der Waals surface area contributed by atoms with Crippen LogP contribution in [0.4, 0.5) is 10.2 Å². The molecule has 0 unspecified atom stereocenters. The second kappa shape index (κ2) is 8.96. The predicted molar refractivity (Wildman–Crippen MR) is 125 cm³/mol. The van der Waals surface area contributed by atoms with Crippen LogP contribution in [0.1, 0.15) is 29.3 Å². The summed E-state index contributed by atoms with van der Waals surface area (Å²) >= 11 is 0. The highest BCUT2D eigenvalue weighted by Gasteiger charge is 2.30. The zero-order valence-electron chi connectivity index (χ0n) is 19.4.